The van der Waals surface area contributed by atoms with Gasteiger partial charge < -0.3 is 10.1 Å². The van der Waals surface area contributed by atoms with Crippen LogP contribution in [0, 0.1) is 5.92 Å². The molecule has 0 aliphatic heterocycles. The van der Waals surface area contributed by atoms with Gasteiger partial charge in [0.2, 0.25) is 5.91 Å². The smallest absolute Gasteiger partial charge is 0.341 e. The molecule has 0 radical (unpaired) electrons. The van der Waals surface area contributed by atoms with Crippen molar-refractivity contribution in [3.63, 3.8) is 0 Å². The number of nitrogens with one attached hydrogen (secondary N) is 1. The predicted octanol–water partition coefficient (Wildman–Crippen LogP) is 6.43. The molecule has 4 rings (SSSR count). The van der Waals surface area contributed by atoms with Crippen LogP contribution in [0.3, 0.4) is 0 Å². The molecule has 2 atom stereocenters. The number of hydrogen-bond donors (Lipinski definition) is 1. The number of halogens is 1. The van der Waals surface area contributed by atoms with Gasteiger partial charge in [0.1, 0.15) is 5.00 Å². The number of rotatable bonds is 6. The Bertz CT molecular complexity index is 1140. The van der Waals surface area contributed by atoms with Gasteiger partial charge in [-0.25, -0.2) is 9.78 Å². The first-order valence-electron chi connectivity index (χ1n) is 10.2. The second-order valence-electron chi connectivity index (χ2n) is 7.62. The lowest BCUT2D eigenvalue weighted by Gasteiger charge is -2.18. The lowest BCUT2D eigenvalue weighted by molar-refractivity contribution is -0.115. The van der Waals surface area contributed by atoms with E-state index in [4.69, 9.17) is 16.3 Å². The van der Waals surface area contributed by atoms with E-state index in [9.17, 15) is 9.59 Å². The summed E-state index contributed by atoms with van der Waals surface area (Å²) in [5, 5.41) is 3.87. The Morgan fingerprint density at radius 3 is 2.97 bits per heavy atom. The topological polar surface area (TPSA) is 68.3 Å². The van der Waals surface area contributed by atoms with Gasteiger partial charge in [0, 0.05) is 9.90 Å². The Labute approximate surface area is 198 Å². The number of fused-ring (bicyclic) bond motifs is 2. The van der Waals surface area contributed by atoms with E-state index in [1.54, 1.807) is 6.92 Å². The zero-order valence-electron chi connectivity index (χ0n) is 17.5. The average molecular weight is 495 g/mol. The van der Waals surface area contributed by atoms with Crippen LogP contribution in [0.2, 0.25) is 5.02 Å². The summed E-state index contributed by atoms with van der Waals surface area (Å²) in [6.07, 6.45) is 2.81. The van der Waals surface area contributed by atoms with Crippen LogP contribution >= 0.6 is 46.0 Å². The Kier molecular flexibility index (Phi) is 6.91. The summed E-state index contributed by atoms with van der Waals surface area (Å²) >= 11 is 10.5. The number of anilines is 1. The van der Waals surface area contributed by atoms with Crippen LogP contribution < -0.4 is 5.32 Å². The molecule has 0 saturated heterocycles. The lowest BCUT2D eigenvalue weighted by atomic mass is 9.88. The summed E-state index contributed by atoms with van der Waals surface area (Å²) in [6, 6.07) is 5.60. The molecule has 1 N–H and O–H groups in total. The molecule has 9 heteroatoms. The van der Waals surface area contributed by atoms with Crippen LogP contribution in [0.25, 0.3) is 10.2 Å². The van der Waals surface area contributed by atoms with E-state index >= 15 is 0 Å². The van der Waals surface area contributed by atoms with Gasteiger partial charge in [0.15, 0.2) is 4.34 Å². The van der Waals surface area contributed by atoms with Crippen LogP contribution in [-0.4, -0.2) is 28.7 Å². The van der Waals surface area contributed by atoms with Crippen LogP contribution in [-0.2, 0) is 22.4 Å². The largest absolute Gasteiger partial charge is 0.462 e. The fourth-order valence-electron chi connectivity index (χ4n) is 3.61. The number of carbonyl (C=O) groups excluding carboxylic acids is 2. The summed E-state index contributed by atoms with van der Waals surface area (Å²) in [6.45, 7) is 6.16. The number of carbonyl (C=O) groups is 2. The van der Waals surface area contributed by atoms with Crippen molar-refractivity contribution >= 4 is 73.1 Å². The van der Waals surface area contributed by atoms with Gasteiger partial charge in [-0.2, -0.15) is 0 Å². The summed E-state index contributed by atoms with van der Waals surface area (Å²) in [5.41, 5.74) is 2.41. The number of thiazole rings is 1. The molecule has 1 aromatic carbocycles. The van der Waals surface area contributed by atoms with Crippen molar-refractivity contribution in [2.24, 2.45) is 5.92 Å². The minimum absolute atomic E-state index is 0.153. The molecule has 1 aliphatic carbocycles. The van der Waals surface area contributed by atoms with E-state index < -0.39 is 0 Å². The number of aromatic nitrogens is 1. The van der Waals surface area contributed by atoms with Gasteiger partial charge in [0.05, 0.1) is 27.6 Å². The van der Waals surface area contributed by atoms with Crippen molar-refractivity contribution in [1.29, 1.82) is 0 Å². The third kappa shape index (κ3) is 4.92. The molecular formula is C22H23ClN2O3S3. The lowest BCUT2D eigenvalue weighted by Crippen LogP contribution is -2.23. The highest BCUT2D eigenvalue weighted by Gasteiger charge is 2.30. The first-order chi connectivity index (χ1) is 14.9. The Morgan fingerprint density at radius 1 is 1.39 bits per heavy atom. The van der Waals surface area contributed by atoms with Gasteiger partial charge >= 0.3 is 5.97 Å². The molecule has 1 amide bonds. The molecule has 0 spiro atoms. The molecule has 2 aromatic heterocycles. The second kappa shape index (κ2) is 9.48. The molecular weight excluding hydrogens is 472 g/mol. The van der Waals surface area contributed by atoms with E-state index in [-0.39, 0.29) is 17.1 Å². The van der Waals surface area contributed by atoms with E-state index in [1.807, 2.05) is 25.1 Å². The molecule has 0 bridgehead atoms. The van der Waals surface area contributed by atoms with Crippen molar-refractivity contribution in [2.75, 3.05) is 11.9 Å². The number of benzene rings is 1. The number of ether oxygens (including phenoxy) is 1. The van der Waals surface area contributed by atoms with Crippen LogP contribution in [0.5, 0.6) is 0 Å². The first-order valence-corrected chi connectivity index (χ1v) is 13.1. The number of esters is 1. The van der Waals surface area contributed by atoms with Gasteiger partial charge in [-0.05, 0) is 62.8 Å². The average Bonchev–Trinajstić information content (AvgIpc) is 3.27. The van der Waals surface area contributed by atoms with Crippen molar-refractivity contribution in [3.8, 4) is 0 Å². The van der Waals surface area contributed by atoms with Crippen LogP contribution in [0.4, 0.5) is 5.00 Å². The molecule has 0 fully saturated rings. The molecule has 0 saturated carbocycles. The molecule has 31 heavy (non-hydrogen) atoms. The number of thiophene rings is 1. The molecule has 2 unspecified atom stereocenters. The highest BCUT2D eigenvalue weighted by molar-refractivity contribution is 8.02. The first kappa shape index (κ1) is 22.6. The third-order valence-corrected chi connectivity index (χ3v) is 8.84. The van der Waals surface area contributed by atoms with Crippen LogP contribution in [0.1, 0.15) is 48.0 Å². The van der Waals surface area contributed by atoms with Crippen molar-refractivity contribution in [2.45, 2.75) is 49.6 Å². The van der Waals surface area contributed by atoms with E-state index in [1.165, 1.54) is 39.3 Å². The highest BCUT2D eigenvalue weighted by atomic mass is 35.5. The molecule has 3 aromatic rings. The summed E-state index contributed by atoms with van der Waals surface area (Å²) < 4.78 is 7.13. The second-order valence-corrected chi connectivity index (χ2v) is 11.8. The van der Waals surface area contributed by atoms with E-state index in [0.29, 0.717) is 28.1 Å². The minimum atomic E-state index is -0.371. The fraction of sp³-hybridized carbons (Fsp3) is 0.409. The molecule has 2 heterocycles. The quantitative estimate of drug-likeness (QED) is 0.316. The van der Waals surface area contributed by atoms with E-state index in [0.717, 1.165) is 39.4 Å². The minimum Gasteiger partial charge on any atom is -0.462 e. The van der Waals surface area contributed by atoms with E-state index in [2.05, 4.69) is 17.2 Å². The third-order valence-electron chi connectivity index (χ3n) is 5.20. The standard InChI is InChI=1S/C22H23ClN2O3S3/c1-4-28-21(27)18-14-7-5-11(2)9-17(14)30-20(18)25-19(26)12(3)29-22-24-15-10-13(23)6-8-16(15)31-22/h6,8,10-12H,4-5,7,9H2,1-3H3,(H,25,26). The summed E-state index contributed by atoms with van der Waals surface area (Å²) in [5.74, 6) is 0.0689. The van der Waals surface area contributed by atoms with Gasteiger partial charge in [0.25, 0.3) is 0 Å². The van der Waals surface area contributed by atoms with Gasteiger partial charge in [-0.1, -0.05) is 30.3 Å². The van der Waals surface area contributed by atoms with Crippen LogP contribution in [0.15, 0.2) is 22.5 Å². The normalized spacial score (nSPS) is 16.7. The Morgan fingerprint density at radius 2 is 2.19 bits per heavy atom. The van der Waals surface area contributed by atoms with Crippen molar-refractivity contribution in [3.05, 3.63) is 39.2 Å². The van der Waals surface area contributed by atoms with Gasteiger partial charge in [-0.15, -0.1) is 22.7 Å². The maximum Gasteiger partial charge on any atom is 0.341 e. The molecule has 164 valence electrons. The number of thioether (sulfide) groups is 1. The SMILES string of the molecule is CCOC(=O)c1c(NC(=O)C(C)Sc2nc3cc(Cl)ccc3s2)sc2c1CCC(C)C2. The summed E-state index contributed by atoms with van der Waals surface area (Å²) in [7, 11) is 0. The highest BCUT2D eigenvalue weighted by Crippen LogP contribution is 2.41. The van der Waals surface area contributed by atoms with Crippen molar-refractivity contribution in [1.82, 2.24) is 4.98 Å². The fourth-order valence-corrected chi connectivity index (χ4v) is 7.37. The number of nitrogens with zero attached hydrogens (tertiary/aromatic N) is 1. The number of hydrogen-bond acceptors (Lipinski definition) is 7. The monoisotopic (exact) mass is 494 g/mol. The van der Waals surface area contributed by atoms with Gasteiger partial charge in [-0.3, -0.25) is 4.79 Å². The maximum absolute atomic E-state index is 13.0. The molecule has 5 nitrogen and oxygen atoms in total. The van der Waals surface area contributed by atoms with Crippen molar-refractivity contribution < 1.29 is 14.3 Å². The Hall–Kier alpha value is -1.61. The summed E-state index contributed by atoms with van der Waals surface area (Å²) in [4.78, 5) is 31.4. The molecule has 1 aliphatic rings. The Balaban J connectivity index is 1.53. The zero-order valence-corrected chi connectivity index (χ0v) is 20.7. The zero-order chi connectivity index (χ0) is 22.1. The maximum atomic E-state index is 13.0. The number of amides is 1. The predicted molar refractivity (Wildman–Crippen MR) is 130 cm³/mol.